The third-order valence-electron chi connectivity index (χ3n) is 6.23. The minimum atomic E-state index is -3.99. The molecule has 10 nitrogen and oxygen atoms in total. The van der Waals surface area contributed by atoms with Gasteiger partial charge >= 0.3 is 12.2 Å². The number of nitrogens with zero attached hydrogens (tertiary/aromatic N) is 2. The van der Waals surface area contributed by atoms with Crippen LogP contribution in [0.2, 0.25) is 0 Å². The lowest BCUT2D eigenvalue weighted by molar-refractivity contribution is 0.109. The summed E-state index contributed by atoms with van der Waals surface area (Å²) in [5, 5.41) is 13.6. The van der Waals surface area contributed by atoms with Gasteiger partial charge in [0, 0.05) is 41.0 Å². The van der Waals surface area contributed by atoms with Gasteiger partial charge in [-0.05, 0) is 86.3 Å². The summed E-state index contributed by atoms with van der Waals surface area (Å²) in [6.45, 7) is 12.4. The lowest BCUT2D eigenvalue weighted by Gasteiger charge is -2.28. The molecule has 1 aromatic heterocycles. The summed E-state index contributed by atoms with van der Waals surface area (Å²) >= 11 is 1.45. The summed E-state index contributed by atoms with van der Waals surface area (Å²) < 4.78 is 34.9. The normalized spacial score (nSPS) is 18.3. The van der Waals surface area contributed by atoms with Gasteiger partial charge in [-0.3, -0.25) is 4.90 Å². The molecule has 3 N–H and O–H groups in total. The maximum absolute atomic E-state index is 13.5. The number of amides is 2. The second-order valence-corrected chi connectivity index (χ2v) is 14.2. The Bertz CT molecular complexity index is 1280. The van der Waals surface area contributed by atoms with Crippen LogP contribution < -0.4 is 14.9 Å². The Morgan fingerprint density at radius 1 is 1.13 bits per heavy atom. The molecule has 0 spiro atoms. The number of rotatable bonds is 8. The number of hydrogen-bond donors (Lipinski definition) is 3. The van der Waals surface area contributed by atoms with Crippen molar-refractivity contribution in [2.24, 2.45) is 0 Å². The van der Waals surface area contributed by atoms with Gasteiger partial charge in [0.25, 0.3) is 0 Å². The van der Waals surface area contributed by atoms with Crippen molar-refractivity contribution in [1.29, 1.82) is 0 Å². The fourth-order valence-electron chi connectivity index (χ4n) is 4.67. The highest BCUT2D eigenvalue weighted by atomic mass is 32.2. The highest BCUT2D eigenvalue weighted by Gasteiger charge is 2.30. The zero-order valence-electron chi connectivity index (χ0n) is 23.6. The summed E-state index contributed by atoms with van der Waals surface area (Å²) in [5.74, 6) is 0.207. The van der Waals surface area contributed by atoms with E-state index in [9.17, 15) is 23.1 Å². The number of thiazole rings is 1. The first-order valence-electron chi connectivity index (χ1n) is 13.2. The first kappa shape index (κ1) is 30.8. The Kier molecular flexibility index (Phi) is 9.66. The molecule has 0 atom stereocenters. The molecule has 3 rings (SSSR count). The number of nitrogens with one attached hydrogen (secondary N) is 2. The van der Waals surface area contributed by atoms with Crippen molar-refractivity contribution in [2.45, 2.75) is 109 Å². The van der Waals surface area contributed by atoms with Crippen molar-refractivity contribution in [2.75, 3.05) is 4.90 Å². The summed E-state index contributed by atoms with van der Waals surface area (Å²) in [5.41, 5.74) is 0.0197. The van der Waals surface area contributed by atoms with E-state index >= 15 is 0 Å². The minimum Gasteiger partial charge on any atom is -0.465 e. The lowest BCUT2D eigenvalue weighted by atomic mass is 9.86. The Morgan fingerprint density at radius 2 is 1.77 bits per heavy atom. The fourth-order valence-corrected chi connectivity index (χ4v) is 7.53. The van der Waals surface area contributed by atoms with Crippen molar-refractivity contribution in [3.63, 3.8) is 0 Å². The molecule has 1 saturated carbocycles. The molecule has 0 bridgehead atoms. The molecule has 1 heterocycles. The lowest BCUT2D eigenvalue weighted by Crippen LogP contribution is -2.41. The van der Waals surface area contributed by atoms with Crippen LogP contribution in [-0.4, -0.2) is 54.4 Å². The standard InChI is InChI=1S/C27H40N4O6S2/c1-16(2)31(26(33)34)20-12-13-21(23(14-20)39(35,36)30-27(5,6)7)22-15-28-24(38-22)18-8-10-19(11-9-18)29-25(32)37-17(3)4/h12-19,30H,8-11H2,1-7H3,(H,29,32)(H,33,34). The van der Waals surface area contributed by atoms with Crippen LogP contribution in [0, 0.1) is 0 Å². The van der Waals surface area contributed by atoms with E-state index in [1.807, 2.05) is 13.8 Å². The molecule has 0 saturated heterocycles. The number of alkyl carbamates (subject to hydrolysis) is 1. The molecule has 12 heteroatoms. The highest BCUT2D eigenvalue weighted by molar-refractivity contribution is 7.89. The molecule has 0 radical (unpaired) electrons. The Balaban J connectivity index is 1.89. The monoisotopic (exact) mass is 580 g/mol. The van der Waals surface area contributed by atoms with E-state index in [1.54, 1.807) is 52.9 Å². The number of hydrogen-bond acceptors (Lipinski definition) is 7. The average Bonchev–Trinajstić information content (AvgIpc) is 3.27. The topological polar surface area (TPSA) is 138 Å². The van der Waals surface area contributed by atoms with Crippen molar-refractivity contribution in [3.05, 3.63) is 29.4 Å². The third kappa shape index (κ3) is 8.15. The maximum atomic E-state index is 13.5. The van der Waals surface area contributed by atoms with Gasteiger partial charge in [-0.1, -0.05) is 6.07 Å². The molecule has 39 heavy (non-hydrogen) atoms. The van der Waals surface area contributed by atoms with Crippen molar-refractivity contribution in [1.82, 2.24) is 15.0 Å². The van der Waals surface area contributed by atoms with Crippen LogP contribution >= 0.6 is 11.3 Å². The molecule has 1 fully saturated rings. The number of carbonyl (C=O) groups excluding carboxylic acids is 1. The van der Waals surface area contributed by atoms with Crippen molar-refractivity contribution >= 4 is 39.2 Å². The third-order valence-corrected chi connectivity index (χ3v) is 9.22. The van der Waals surface area contributed by atoms with Gasteiger partial charge in [0.15, 0.2) is 0 Å². The predicted octanol–water partition coefficient (Wildman–Crippen LogP) is 5.94. The summed E-state index contributed by atoms with van der Waals surface area (Å²) in [6, 6.07) is 4.38. The number of sulfonamides is 1. The molecule has 0 aliphatic heterocycles. The maximum Gasteiger partial charge on any atom is 0.412 e. The second-order valence-electron chi connectivity index (χ2n) is 11.5. The number of benzene rings is 1. The van der Waals surface area contributed by atoms with Gasteiger partial charge in [0.2, 0.25) is 10.0 Å². The molecule has 1 aromatic carbocycles. The van der Waals surface area contributed by atoms with E-state index in [0.29, 0.717) is 10.4 Å². The largest absolute Gasteiger partial charge is 0.465 e. The molecule has 216 valence electrons. The Hall–Kier alpha value is -2.70. The van der Waals surface area contributed by atoms with Crippen LogP contribution in [0.4, 0.5) is 15.3 Å². The number of carbonyl (C=O) groups is 2. The summed E-state index contributed by atoms with van der Waals surface area (Å²) in [4.78, 5) is 30.3. The smallest absolute Gasteiger partial charge is 0.412 e. The second kappa shape index (κ2) is 12.2. The fraction of sp³-hybridized carbons (Fsp3) is 0.593. The first-order valence-corrected chi connectivity index (χ1v) is 15.5. The minimum absolute atomic E-state index is 0.00796. The van der Waals surface area contributed by atoms with Gasteiger partial charge < -0.3 is 15.2 Å². The van der Waals surface area contributed by atoms with Gasteiger partial charge in [0.05, 0.1) is 20.9 Å². The van der Waals surface area contributed by atoms with Gasteiger partial charge in [0.1, 0.15) is 0 Å². The summed E-state index contributed by atoms with van der Waals surface area (Å²) in [6.07, 6.45) is 3.25. The van der Waals surface area contributed by atoms with Crippen LogP contribution in [-0.2, 0) is 14.8 Å². The van der Waals surface area contributed by atoms with Crippen LogP contribution in [0.3, 0.4) is 0 Å². The highest BCUT2D eigenvalue weighted by Crippen LogP contribution is 2.40. The van der Waals surface area contributed by atoms with E-state index < -0.39 is 27.7 Å². The SMILES string of the molecule is CC(C)OC(=O)NC1CCC(c2ncc(-c3ccc(N(C(=O)O)C(C)C)cc3S(=O)(=O)NC(C)(C)C)s2)CC1. The number of carboxylic acid groups (broad SMARTS) is 1. The van der Waals surface area contributed by atoms with Gasteiger partial charge in [-0.2, -0.15) is 0 Å². The molecular weight excluding hydrogens is 540 g/mol. The molecular formula is C27H40N4O6S2. The molecule has 1 aliphatic carbocycles. The van der Waals surface area contributed by atoms with Crippen LogP contribution in [0.1, 0.15) is 85.1 Å². The van der Waals surface area contributed by atoms with Crippen molar-refractivity contribution < 1.29 is 27.9 Å². The quantitative estimate of drug-likeness (QED) is 0.351. The molecule has 0 unspecified atom stereocenters. The van der Waals surface area contributed by atoms with Gasteiger partial charge in [-0.15, -0.1) is 11.3 Å². The van der Waals surface area contributed by atoms with E-state index in [1.165, 1.54) is 17.4 Å². The zero-order valence-corrected chi connectivity index (χ0v) is 25.3. The molecule has 1 aliphatic rings. The first-order chi connectivity index (χ1) is 18.1. The number of aromatic nitrogens is 1. The number of ether oxygens (including phenoxy) is 1. The number of anilines is 1. The Morgan fingerprint density at radius 3 is 2.31 bits per heavy atom. The average molecular weight is 581 g/mol. The van der Waals surface area contributed by atoms with Crippen LogP contribution in [0.5, 0.6) is 0 Å². The van der Waals surface area contributed by atoms with E-state index in [2.05, 4.69) is 15.0 Å². The van der Waals surface area contributed by atoms with Gasteiger partial charge in [-0.25, -0.2) is 27.7 Å². The van der Waals surface area contributed by atoms with Crippen LogP contribution in [0.15, 0.2) is 29.3 Å². The predicted molar refractivity (Wildman–Crippen MR) is 153 cm³/mol. The molecule has 2 aromatic rings. The van der Waals surface area contributed by atoms with E-state index in [4.69, 9.17) is 4.74 Å². The summed E-state index contributed by atoms with van der Waals surface area (Å²) in [7, 11) is -3.99. The zero-order chi connectivity index (χ0) is 29.1. The van der Waals surface area contributed by atoms with E-state index in [-0.39, 0.29) is 34.7 Å². The van der Waals surface area contributed by atoms with E-state index in [0.717, 1.165) is 35.6 Å². The van der Waals surface area contributed by atoms with Crippen LogP contribution in [0.25, 0.3) is 10.4 Å². The Labute approximate surface area is 235 Å². The van der Waals surface area contributed by atoms with Crippen molar-refractivity contribution in [3.8, 4) is 10.4 Å². The molecule has 2 amide bonds.